The molecule has 2 heterocycles. The molecule has 0 saturated carbocycles. The third-order valence-corrected chi connectivity index (χ3v) is 4.92. The van der Waals surface area contributed by atoms with E-state index in [4.69, 9.17) is 0 Å². The van der Waals surface area contributed by atoms with E-state index in [1.165, 1.54) is 0 Å². The molecule has 8 nitrogen and oxygen atoms in total. The highest BCUT2D eigenvalue weighted by molar-refractivity contribution is 7.18. The quantitative estimate of drug-likeness (QED) is 0.666. The van der Waals surface area contributed by atoms with Gasteiger partial charge in [0.1, 0.15) is 6.20 Å². The number of carbonyl (C=O) groups excluding carboxylic acids is 2. The van der Waals surface area contributed by atoms with Crippen LogP contribution in [0, 0.1) is 29.9 Å². The molecule has 3 rings (SSSR count). The molecule has 1 aliphatic heterocycles. The number of nitrogens with one attached hydrogen (secondary N) is 1. The number of nitrogens with zero attached hydrogens (tertiary/aromatic N) is 3. The molecule has 130 valence electrons. The van der Waals surface area contributed by atoms with E-state index in [-0.39, 0.29) is 34.9 Å². The van der Waals surface area contributed by atoms with Crippen LogP contribution in [0.1, 0.15) is 17.5 Å². The van der Waals surface area contributed by atoms with Gasteiger partial charge in [0.15, 0.2) is 5.13 Å². The molecule has 1 aliphatic rings. The molecule has 1 aromatic carbocycles. The van der Waals surface area contributed by atoms with Crippen LogP contribution in [-0.4, -0.2) is 28.3 Å². The Kier molecular flexibility index (Phi) is 4.49. The number of hydrogen-bond donors (Lipinski definition) is 1. The van der Waals surface area contributed by atoms with Crippen LogP contribution in [0.5, 0.6) is 0 Å². The predicted molar refractivity (Wildman–Crippen MR) is 93.8 cm³/mol. The summed E-state index contributed by atoms with van der Waals surface area (Å²) in [5.74, 6) is -0.986. The summed E-state index contributed by atoms with van der Waals surface area (Å²) in [5, 5.41) is 13.3. The number of carbonyl (C=O) groups is 2. The van der Waals surface area contributed by atoms with Crippen molar-refractivity contribution in [2.75, 3.05) is 16.8 Å². The molecule has 0 spiro atoms. The topological polar surface area (TPSA) is 105 Å². The van der Waals surface area contributed by atoms with Crippen LogP contribution >= 0.6 is 11.3 Å². The summed E-state index contributed by atoms with van der Waals surface area (Å²) in [6.07, 6.45) is 1.20. The number of aromatic nitrogens is 1. The van der Waals surface area contributed by atoms with Crippen molar-refractivity contribution in [3.05, 3.63) is 45.6 Å². The van der Waals surface area contributed by atoms with Gasteiger partial charge in [0.2, 0.25) is 11.8 Å². The maximum absolute atomic E-state index is 12.4. The first kappa shape index (κ1) is 17.0. The van der Waals surface area contributed by atoms with Crippen LogP contribution in [-0.2, 0) is 9.59 Å². The van der Waals surface area contributed by atoms with Gasteiger partial charge in [-0.1, -0.05) is 12.1 Å². The zero-order chi connectivity index (χ0) is 18.1. The minimum Gasteiger partial charge on any atom is -0.311 e. The van der Waals surface area contributed by atoms with E-state index in [0.29, 0.717) is 0 Å². The molecule has 1 aromatic heterocycles. The summed E-state index contributed by atoms with van der Waals surface area (Å²) in [7, 11) is 0. The molecule has 9 heteroatoms. The summed E-state index contributed by atoms with van der Waals surface area (Å²) in [6.45, 7) is 4.15. The summed E-state index contributed by atoms with van der Waals surface area (Å²) in [5.41, 5.74) is 2.82. The van der Waals surface area contributed by atoms with E-state index in [1.807, 2.05) is 32.0 Å². The van der Waals surface area contributed by atoms with Gasteiger partial charge >= 0.3 is 5.00 Å². The van der Waals surface area contributed by atoms with E-state index in [9.17, 15) is 19.7 Å². The van der Waals surface area contributed by atoms with Gasteiger partial charge in [0, 0.05) is 18.7 Å². The van der Waals surface area contributed by atoms with Gasteiger partial charge in [-0.3, -0.25) is 19.7 Å². The Balaban J connectivity index is 1.72. The summed E-state index contributed by atoms with van der Waals surface area (Å²) in [6, 6.07) is 5.84. The van der Waals surface area contributed by atoms with Crippen LogP contribution in [0.25, 0.3) is 0 Å². The lowest BCUT2D eigenvalue weighted by Crippen LogP contribution is -2.28. The van der Waals surface area contributed by atoms with Crippen LogP contribution in [0.15, 0.2) is 24.4 Å². The largest absolute Gasteiger partial charge is 0.345 e. The fourth-order valence-corrected chi connectivity index (χ4v) is 3.38. The Hall–Kier alpha value is -2.81. The van der Waals surface area contributed by atoms with Crippen LogP contribution in [0.2, 0.25) is 0 Å². The average molecular weight is 360 g/mol. The second-order valence-corrected chi connectivity index (χ2v) is 6.95. The number of rotatable bonds is 4. The molecule has 2 aromatic rings. The first-order valence-corrected chi connectivity index (χ1v) is 8.45. The van der Waals surface area contributed by atoms with E-state index in [2.05, 4.69) is 10.3 Å². The van der Waals surface area contributed by atoms with Gasteiger partial charge in [-0.05, 0) is 42.4 Å². The number of thiazole rings is 1. The third kappa shape index (κ3) is 3.50. The number of amides is 2. The standard InChI is InChI=1S/C16H16N4O4S/c1-9-3-4-10(2)12(5-9)19-8-11(6-13(19)21)15(22)18-16-17-7-14(25-16)20(23)24/h3-5,7,11H,6,8H2,1-2H3,(H,17,18,22). The number of nitro groups is 1. The average Bonchev–Trinajstić information content (AvgIpc) is 3.16. The highest BCUT2D eigenvalue weighted by Gasteiger charge is 2.36. The van der Waals surface area contributed by atoms with E-state index in [0.717, 1.165) is 34.3 Å². The summed E-state index contributed by atoms with van der Waals surface area (Å²) >= 11 is 0.790. The van der Waals surface area contributed by atoms with E-state index < -0.39 is 10.8 Å². The number of aryl methyl sites for hydroxylation is 2. The van der Waals surface area contributed by atoms with Gasteiger partial charge in [-0.15, -0.1) is 0 Å². The first-order chi connectivity index (χ1) is 11.8. The van der Waals surface area contributed by atoms with Gasteiger partial charge in [0.25, 0.3) is 0 Å². The van der Waals surface area contributed by atoms with Crippen molar-refractivity contribution in [2.24, 2.45) is 5.92 Å². The van der Waals surface area contributed by atoms with Crippen molar-refractivity contribution < 1.29 is 14.5 Å². The minimum atomic E-state index is -0.561. The molecule has 1 unspecified atom stereocenters. The Morgan fingerprint density at radius 1 is 1.44 bits per heavy atom. The van der Waals surface area contributed by atoms with Gasteiger partial charge < -0.3 is 10.2 Å². The smallest absolute Gasteiger partial charge is 0.311 e. The van der Waals surface area contributed by atoms with Crippen molar-refractivity contribution in [2.45, 2.75) is 20.3 Å². The van der Waals surface area contributed by atoms with Crippen molar-refractivity contribution in [3.8, 4) is 0 Å². The van der Waals surface area contributed by atoms with Gasteiger partial charge in [-0.25, -0.2) is 4.98 Å². The molecule has 0 bridgehead atoms. The van der Waals surface area contributed by atoms with Gasteiger partial charge in [-0.2, -0.15) is 0 Å². The molecule has 0 radical (unpaired) electrons. The van der Waals surface area contributed by atoms with E-state index >= 15 is 0 Å². The fraction of sp³-hybridized carbons (Fsp3) is 0.312. The fourth-order valence-electron chi connectivity index (χ4n) is 2.74. The molecular weight excluding hydrogens is 344 g/mol. The van der Waals surface area contributed by atoms with Crippen molar-refractivity contribution >= 4 is 39.0 Å². The highest BCUT2D eigenvalue weighted by Crippen LogP contribution is 2.30. The summed E-state index contributed by atoms with van der Waals surface area (Å²) < 4.78 is 0. The highest BCUT2D eigenvalue weighted by atomic mass is 32.1. The second kappa shape index (κ2) is 6.60. The number of hydrogen-bond acceptors (Lipinski definition) is 6. The van der Waals surface area contributed by atoms with Crippen molar-refractivity contribution in [1.82, 2.24) is 4.98 Å². The molecule has 0 aliphatic carbocycles. The number of anilines is 2. The Labute approximate surface area is 147 Å². The van der Waals surface area contributed by atoms with Gasteiger partial charge in [0.05, 0.1) is 10.8 Å². The monoisotopic (exact) mass is 360 g/mol. The number of benzene rings is 1. The summed E-state index contributed by atoms with van der Waals surface area (Å²) in [4.78, 5) is 40.3. The zero-order valence-corrected chi connectivity index (χ0v) is 14.5. The van der Waals surface area contributed by atoms with Crippen LogP contribution < -0.4 is 10.2 Å². The first-order valence-electron chi connectivity index (χ1n) is 7.64. The normalized spacial score (nSPS) is 17.0. The molecule has 1 N–H and O–H groups in total. The van der Waals surface area contributed by atoms with Crippen LogP contribution in [0.3, 0.4) is 0 Å². The molecule has 1 fully saturated rings. The Morgan fingerprint density at radius 2 is 2.20 bits per heavy atom. The van der Waals surface area contributed by atoms with E-state index in [1.54, 1.807) is 4.90 Å². The molecule has 25 heavy (non-hydrogen) atoms. The van der Waals surface area contributed by atoms with Crippen molar-refractivity contribution in [3.63, 3.8) is 0 Å². The van der Waals surface area contributed by atoms with Crippen molar-refractivity contribution in [1.29, 1.82) is 0 Å². The van der Waals surface area contributed by atoms with Crippen LogP contribution in [0.4, 0.5) is 15.8 Å². The third-order valence-electron chi connectivity index (χ3n) is 4.05. The second-order valence-electron chi connectivity index (χ2n) is 5.95. The molecular formula is C16H16N4O4S. The maximum Gasteiger partial charge on any atom is 0.345 e. The lowest BCUT2D eigenvalue weighted by atomic mass is 10.1. The Bertz CT molecular complexity index is 864. The minimum absolute atomic E-state index is 0.104. The lowest BCUT2D eigenvalue weighted by molar-refractivity contribution is -0.380. The molecule has 1 atom stereocenters. The predicted octanol–water partition coefficient (Wildman–Crippen LogP) is 2.66. The maximum atomic E-state index is 12.4. The SMILES string of the molecule is Cc1ccc(C)c(N2CC(C(=O)Nc3ncc([N+](=O)[O-])s3)CC2=O)c1. The molecule has 2 amide bonds. The zero-order valence-electron chi connectivity index (χ0n) is 13.7. The lowest BCUT2D eigenvalue weighted by Gasteiger charge is -2.19. The Morgan fingerprint density at radius 3 is 2.88 bits per heavy atom. The molecule has 1 saturated heterocycles.